The zero-order valence-corrected chi connectivity index (χ0v) is 12.6. The second-order valence-electron chi connectivity index (χ2n) is 5.13. The second-order valence-corrected chi connectivity index (χ2v) is 6.02. The molecule has 1 aromatic carbocycles. The molecule has 3 heterocycles. The summed E-state index contributed by atoms with van der Waals surface area (Å²) in [6.07, 6.45) is 6.86. The number of ether oxygens (including phenoxy) is 1. The highest BCUT2D eigenvalue weighted by Crippen LogP contribution is 2.35. The van der Waals surface area contributed by atoms with Gasteiger partial charge in [-0.2, -0.15) is 5.10 Å². The quantitative estimate of drug-likeness (QED) is 0.926. The number of aliphatic imine (C=N–C) groups is 1. The summed E-state index contributed by atoms with van der Waals surface area (Å²) in [7, 11) is 0. The van der Waals surface area contributed by atoms with E-state index in [0.29, 0.717) is 6.61 Å². The van der Waals surface area contributed by atoms with Crippen LogP contribution >= 0.6 is 11.8 Å². The van der Waals surface area contributed by atoms with Gasteiger partial charge in [0.1, 0.15) is 0 Å². The first-order valence-electron chi connectivity index (χ1n) is 6.95. The monoisotopic (exact) mass is 300 g/mol. The van der Waals surface area contributed by atoms with Crippen molar-refractivity contribution in [3.8, 4) is 0 Å². The first-order chi connectivity index (χ1) is 10.4. The molecule has 0 saturated heterocycles. The van der Waals surface area contributed by atoms with Crippen LogP contribution in [0.25, 0.3) is 10.9 Å². The molecule has 2 aliphatic heterocycles. The van der Waals surface area contributed by atoms with Crippen molar-refractivity contribution in [2.75, 3.05) is 24.4 Å². The summed E-state index contributed by atoms with van der Waals surface area (Å²) in [6.45, 7) is 1.43. The Hall–Kier alpha value is -1.79. The molecule has 0 spiro atoms. The maximum absolute atomic E-state index is 5.55. The van der Waals surface area contributed by atoms with Gasteiger partial charge in [-0.25, -0.2) is 0 Å². The lowest BCUT2D eigenvalue weighted by atomic mass is 10.1. The summed E-state index contributed by atoms with van der Waals surface area (Å²) in [4.78, 5) is 6.99. The Morgan fingerprint density at radius 2 is 2.38 bits per heavy atom. The molecule has 6 heteroatoms. The van der Waals surface area contributed by atoms with E-state index in [4.69, 9.17) is 4.74 Å². The molecular weight excluding hydrogens is 284 g/mol. The van der Waals surface area contributed by atoms with E-state index in [9.17, 15) is 0 Å². The smallest absolute Gasteiger partial charge is 0.172 e. The minimum absolute atomic E-state index is 0.0891. The molecule has 1 atom stereocenters. The minimum Gasteiger partial charge on any atom is -0.376 e. The highest BCUT2D eigenvalue weighted by atomic mass is 32.2. The fourth-order valence-electron chi connectivity index (χ4n) is 2.87. The molecule has 2 aromatic rings. The summed E-state index contributed by atoms with van der Waals surface area (Å²) in [6, 6.07) is 6.38. The number of benzene rings is 1. The maximum atomic E-state index is 5.55. The molecule has 0 fully saturated rings. The van der Waals surface area contributed by atoms with Crippen molar-refractivity contribution in [2.24, 2.45) is 4.99 Å². The van der Waals surface area contributed by atoms with Crippen LogP contribution < -0.4 is 4.90 Å². The summed E-state index contributed by atoms with van der Waals surface area (Å²) in [5, 5.41) is 8.22. The van der Waals surface area contributed by atoms with Crippen LogP contribution in [0.2, 0.25) is 0 Å². The van der Waals surface area contributed by atoms with E-state index in [1.807, 2.05) is 12.4 Å². The lowest BCUT2D eigenvalue weighted by Crippen LogP contribution is -2.37. The second kappa shape index (κ2) is 5.20. The van der Waals surface area contributed by atoms with Gasteiger partial charge in [0.25, 0.3) is 0 Å². The molecule has 0 aliphatic carbocycles. The third-order valence-corrected chi connectivity index (χ3v) is 4.65. The van der Waals surface area contributed by atoms with Gasteiger partial charge in [-0.1, -0.05) is 0 Å². The van der Waals surface area contributed by atoms with E-state index in [2.05, 4.69) is 44.5 Å². The van der Waals surface area contributed by atoms with Gasteiger partial charge >= 0.3 is 0 Å². The molecule has 0 radical (unpaired) electrons. The minimum atomic E-state index is 0.0891. The predicted molar refractivity (Wildman–Crippen MR) is 86.8 cm³/mol. The number of anilines is 1. The largest absolute Gasteiger partial charge is 0.376 e. The molecular formula is C15H16N4OS. The molecule has 1 aromatic heterocycles. The lowest BCUT2D eigenvalue weighted by molar-refractivity contribution is 0.149. The topological polar surface area (TPSA) is 53.5 Å². The Kier molecular flexibility index (Phi) is 3.20. The first kappa shape index (κ1) is 12.9. The van der Waals surface area contributed by atoms with Crippen LogP contribution in [0.5, 0.6) is 0 Å². The summed E-state index contributed by atoms with van der Waals surface area (Å²) in [5.41, 5.74) is 4.83. The van der Waals surface area contributed by atoms with E-state index in [1.165, 1.54) is 11.3 Å². The zero-order chi connectivity index (χ0) is 14.2. The molecule has 0 bridgehead atoms. The first-order valence-corrected chi connectivity index (χ1v) is 8.24. The molecule has 0 saturated carbocycles. The van der Waals surface area contributed by atoms with Gasteiger partial charge in [0.2, 0.25) is 0 Å². The van der Waals surface area contributed by atoms with Crippen LogP contribution in [0.3, 0.4) is 0 Å². The summed E-state index contributed by atoms with van der Waals surface area (Å²) >= 11 is 1.74. The average molecular weight is 300 g/mol. The number of fused-ring (bicyclic) bond motifs is 1. The van der Waals surface area contributed by atoms with Crippen LogP contribution in [0, 0.1) is 0 Å². The zero-order valence-electron chi connectivity index (χ0n) is 11.7. The van der Waals surface area contributed by atoms with Crippen molar-refractivity contribution < 1.29 is 4.74 Å². The van der Waals surface area contributed by atoms with E-state index in [-0.39, 0.29) is 5.50 Å². The standard InChI is InChI=1S/C15H16N4OS/c1-21-15-16-7-11-9-20-5-4-14(11)19(15)12-2-3-13-10(6-12)8-17-18-13/h2-3,6-8,15H,4-5,9H2,1H3,(H,17,18). The molecule has 1 unspecified atom stereocenters. The van der Waals surface area contributed by atoms with Crippen molar-refractivity contribution >= 4 is 34.6 Å². The average Bonchev–Trinajstić information content (AvgIpc) is 3.01. The lowest BCUT2D eigenvalue weighted by Gasteiger charge is -2.37. The molecule has 5 nitrogen and oxygen atoms in total. The Bertz CT molecular complexity index is 736. The number of rotatable bonds is 2. The molecule has 0 amide bonds. The van der Waals surface area contributed by atoms with E-state index in [0.717, 1.165) is 29.6 Å². The highest BCUT2D eigenvalue weighted by Gasteiger charge is 2.28. The SMILES string of the molecule is CSC1N=CC2=C(CCOC2)N1c1ccc2[nH]ncc2c1. The van der Waals surface area contributed by atoms with Crippen LogP contribution in [0.4, 0.5) is 5.69 Å². The molecule has 108 valence electrons. The van der Waals surface area contributed by atoms with E-state index >= 15 is 0 Å². The van der Waals surface area contributed by atoms with Crippen LogP contribution in [0.15, 0.2) is 40.7 Å². The fourth-order valence-corrected chi connectivity index (χ4v) is 3.51. The number of aromatic amines is 1. The molecule has 1 N–H and O–H groups in total. The van der Waals surface area contributed by atoms with Gasteiger partial charge in [0.05, 0.1) is 24.9 Å². The third kappa shape index (κ3) is 2.15. The maximum Gasteiger partial charge on any atom is 0.172 e. The van der Waals surface area contributed by atoms with E-state index < -0.39 is 0 Å². The van der Waals surface area contributed by atoms with E-state index in [1.54, 1.807) is 11.8 Å². The molecule has 4 rings (SSSR count). The Morgan fingerprint density at radius 1 is 1.43 bits per heavy atom. The Labute approximate surface area is 127 Å². The van der Waals surface area contributed by atoms with Gasteiger partial charge in [0, 0.05) is 35.0 Å². The number of nitrogens with zero attached hydrogens (tertiary/aromatic N) is 3. The van der Waals surface area contributed by atoms with Gasteiger partial charge < -0.3 is 9.64 Å². The van der Waals surface area contributed by atoms with Gasteiger partial charge in [0.15, 0.2) is 5.50 Å². The van der Waals surface area contributed by atoms with Gasteiger partial charge in [-0.3, -0.25) is 10.1 Å². The van der Waals surface area contributed by atoms with Crippen molar-refractivity contribution in [3.05, 3.63) is 35.7 Å². The van der Waals surface area contributed by atoms with Crippen molar-refractivity contribution in [1.82, 2.24) is 10.2 Å². The number of hydrogen-bond donors (Lipinski definition) is 1. The van der Waals surface area contributed by atoms with Crippen LogP contribution in [0.1, 0.15) is 6.42 Å². The highest BCUT2D eigenvalue weighted by molar-refractivity contribution is 7.99. The predicted octanol–water partition coefficient (Wildman–Crippen LogP) is 2.77. The fraction of sp³-hybridized carbons (Fsp3) is 0.333. The van der Waals surface area contributed by atoms with Gasteiger partial charge in [-0.05, 0) is 24.5 Å². The summed E-state index contributed by atoms with van der Waals surface area (Å²) in [5.74, 6) is 0. The van der Waals surface area contributed by atoms with Crippen LogP contribution in [-0.2, 0) is 4.74 Å². The van der Waals surface area contributed by atoms with Crippen molar-refractivity contribution in [3.63, 3.8) is 0 Å². The number of nitrogens with one attached hydrogen (secondary N) is 1. The summed E-state index contributed by atoms with van der Waals surface area (Å²) < 4.78 is 5.55. The third-order valence-electron chi connectivity index (χ3n) is 3.89. The Balaban J connectivity index is 1.82. The Morgan fingerprint density at radius 3 is 3.29 bits per heavy atom. The number of thioether (sulfide) groups is 1. The number of aromatic nitrogens is 2. The molecule has 2 aliphatic rings. The van der Waals surface area contributed by atoms with Gasteiger partial charge in [-0.15, -0.1) is 11.8 Å². The normalized spacial score (nSPS) is 22.0. The number of H-pyrrole nitrogens is 1. The van der Waals surface area contributed by atoms with Crippen LogP contribution in [-0.4, -0.2) is 41.4 Å². The number of hydrogen-bond acceptors (Lipinski definition) is 5. The molecule has 21 heavy (non-hydrogen) atoms. The van der Waals surface area contributed by atoms with Crippen molar-refractivity contribution in [2.45, 2.75) is 11.9 Å². The van der Waals surface area contributed by atoms with Crippen molar-refractivity contribution in [1.29, 1.82) is 0 Å².